The molecular weight excluding hydrogens is 542 g/mol. The molecule has 226 valence electrons. The SMILES string of the molecule is CC(=O)OCOC(=O)Nc1ncnn2c([C@]3(C)O[C@H](COC(=O)C(C)C)[C@@H](OC(=O)[C@@H](N)C(C)(C)C)[C@H]3O)ccc12. The molecule has 1 aliphatic heterocycles. The van der Waals surface area contributed by atoms with E-state index in [4.69, 9.17) is 24.7 Å². The highest BCUT2D eigenvalue weighted by molar-refractivity contribution is 5.88. The van der Waals surface area contributed by atoms with E-state index in [1.165, 1.54) is 11.4 Å². The summed E-state index contributed by atoms with van der Waals surface area (Å²) in [7, 11) is 0. The monoisotopic (exact) mass is 579 g/mol. The van der Waals surface area contributed by atoms with Crippen LogP contribution in [0.4, 0.5) is 10.6 Å². The van der Waals surface area contributed by atoms with Crippen LogP contribution in [0, 0.1) is 11.3 Å². The van der Waals surface area contributed by atoms with E-state index in [0.717, 1.165) is 6.33 Å². The van der Waals surface area contributed by atoms with Crippen molar-refractivity contribution in [3.05, 3.63) is 24.2 Å². The first-order chi connectivity index (χ1) is 19.1. The third-order valence-electron chi connectivity index (χ3n) is 6.57. The summed E-state index contributed by atoms with van der Waals surface area (Å²) in [5.74, 6) is -2.23. The quantitative estimate of drug-likeness (QED) is 0.218. The van der Waals surface area contributed by atoms with Crippen molar-refractivity contribution in [1.29, 1.82) is 0 Å². The summed E-state index contributed by atoms with van der Waals surface area (Å²) < 4.78 is 28.0. The fourth-order valence-corrected chi connectivity index (χ4v) is 4.05. The summed E-state index contributed by atoms with van der Waals surface area (Å²) in [6.45, 7) is 10.5. The molecule has 2 aromatic rings. The first-order valence-electron chi connectivity index (χ1n) is 12.9. The van der Waals surface area contributed by atoms with Crippen LogP contribution in [0.25, 0.3) is 5.52 Å². The largest absolute Gasteiger partial charge is 0.463 e. The normalized spacial score (nSPS) is 23.2. The third kappa shape index (κ3) is 7.10. The van der Waals surface area contributed by atoms with Gasteiger partial charge in [-0.1, -0.05) is 34.6 Å². The molecule has 1 fully saturated rings. The molecule has 0 radical (unpaired) electrons. The molecule has 4 N–H and O–H groups in total. The van der Waals surface area contributed by atoms with Crippen molar-refractivity contribution in [2.24, 2.45) is 17.1 Å². The maximum Gasteiger partial charge on any atom is 0.415 e. The highest BCUT2D eigenvalue weighted by Gasteiger charge is 2.56. The summed E-state index contributed by atoms with van der Waals surface area (Å²) in [5.41, 5.74) is 4.56. The fraction of sp³-hybridized carbons (Fsp3) is 0.615. The van der Waals surface area contributed by atoms with Gasteiger partial charge in [-0.15, -0.1) is 0 Å². The molecule has 3 rings (SSSR count). The molecular formula is C26H37N5O10. The first kappa shape index (κ1) is 31.7. The van der Waals surface area contributed by atoms with Crippen LogP contribution in [0.2, 0.25) is 0 Å². The van der Waals surface area contributed by atoms with Crippen molar-refractivity contribution in [3.63, 3.8) is 0 Å². The molecule has 0 bridgehead atoms. The van der Waals surface area contributed by atoms with Crippen LogP contribution in [0.15, 0.2) is 18.5 Å². The lowest BCUT2D eigenvalue weighted by Gasteiger charge is -2.29. The van der Waals surface area contributed by atoms with Gasteiger partial charge in [0.1, 0.15) is 42.3 Å². The Hall–Kier alpha value is -3.82. The molecule has 0 spiro atoms. The van der Waals surface area contributed by atoms with Crippen LogP contribution in [0.1, 0.15) is 54.2 Å². The Kier molecular flexibility index (Phi) is 9.56. The van der Waals surface area contributed by atoms with Crippen molar-refractivity contribution in [2.45, 2.75) is 78.4 Å². The number of esters is 3. The molecule has 3 heterocycles. The predicted molar refractivity (Wildman–Crippen MR) is 141 cm³/mol. The van der Waals surface area contributed by atoms with Crippen molar-refractivity contribution < 1.29 is 48.0 Å². The van der Waals surface area contributed by atoms with E-state index in [9.17, 15) is 24.3 Å². The van der Waals surface area contributed by atoms with E-state index < -0.39 is 72.1 Å². The van der Waals surface area contributed by atoms with Crippen molar-refractivity contribution in [3.8, 4) is 0 Å². The van der Waals surface area contributed by atoms with E-state index in [1.807, 2.05) is 0 Å². The Morgan fingerprint density at radius 1 is 1.17 bits per heavy atom. The number of nitrogens with zero attached hydrogens (tertiary/aromatic N) is 3. The summed E-state index contributed by atoms with van der Waals surface area (Å²) in [5, 5.41) is 18.2. The number of aliphatic hydroxyl groups excluding tert-OH is 1. The first-order valence-corrected chi connectivity index (χ1v) is 12.9. The van der Waals surface area contributed by atoms with E-state index in [1.54, 1.807) is 53.7 Å². The molecule has 0 saturated carbocycles. The Labute approximate surface area is 236 Å². The number of hydrogen-bond acceptors (Lipinski definition) is 13. The summed E-state index contributed by atoms with van der Waals surface area (Å²) in [6, 6.07) is 2.16. The second kappa shape index (κ2) is 12.4. The number of nitrogens with one attached hydrogen (secondary N) is 1. The minimum Gasteiger partial charge on any atom is -0.463 e. The van der Waals surface area contributed by atoms with Gasteiger partial charge < -0.3 is 34.5 Å². The van der Waals surface area contributed by atoms with Crippen molar-refractivity contribution >= 4 is 35.3 Å². The van der Waals surface area contributed by atoms with Gasteiger partial charge in [0.15, 0.2) is 11.9 Å². The Bertz CT molecular complexity index is 1290. The zero-order chi connectivity index (χ0) is 30.7. The fourth-order valence-electron chi connectivity index (χ4n) is 4.05. The summed E-state index contributed by atoms with van der Waals surface area (Å²) in [6.07, 6.45) is -3.52. The number of ether oxygens (including phenoxy) is 5. The van der Waals surface area contributed by atoms with Crippen LogP contribution in [0.3, 0.4) is 0 Å². The second-order valence-electron chi connectivity index (χ2n) is 11.2. The summed E-state index contributed by atoms with van der Waals surface area (Å²) >= 11 is 0. The molecule has 5 atom stereocenters. The maximum absolute atomic E-state index is 12.9. The van der Waals surface area contributed by atoms with Crippen molar-refractivity contribution in [1.82, 2.24) is 14.6 Å². The van der Waals surface area contributed by atoms with Gasteiger partial charge in [0.2, 0.25) is 6.79 Å². The van der Waals surface area contributed by atoms with Gasteiger partial charge in [-0.25, -0.2) is 14.3 Å². The molecule has 0 aromatic carbocycles. The summed E-state index contributed by atoms with van der Waals surface area (Å²) in [4.78, 5) is 52.2. The van der Waals surface area contributed by atoms with Crippen LogP contribution >= 0.6 is 0 Å². The molecule has 0 aliphatic carbocycles. The Morgan fingerprint density at radius 2 is 1.85 bits per heavy atom. The van der Waals surface area contributed by atoms with E-state index in [0.29, 0.717) is 11.2 Å². The zero-order valence-electron chi connectivity index (χ0n) is 24.1. The minimum absolute atomic E-state index is 0.0525. The standard InChI is InChI=1S/C26H37N5O10/c1-13(2)22(34)37-10-16-18(40-23(35)19(27)25(4,5)6)20(33)26(7,41-16)17-9-8-15-21(28-11-29-31(15)17)30-24(36)39-12-38-14(3)32/h8-9,11,13,16,18-20,33H,10,12,27H2,1-7H3,(H,28,29,30,36)/t16-,18-,19-,20-,26+/m1/s1. The molecule has 1 amide bonds. The smallest absolute Gasteiger partial charge is 0.415 e. The molecule has 1 aliphatic rings. The zero-order valence-corrected chi connectivity index (χ0v) is 24.1. The van der Waals surface area contributed by atoms with Gasteiger partial charge in [0.05, 0.1) is 11.6 Å². The minimum atomic E-state index is -1.53. The lowest BCUT2D eigenvalue weighted by Crippen LogP contribution is -2.49. The average molecular weight is 580 g/mol. The molecule has 41 heavy (non-hydrogen) atoms. The van der Waals surface area contributed by atoms with Gasteiger partial charge in [0.25, 0.3) is 0 Å². The number of amides is 1. The topological polar surface area (TPSA) is 203 Å². The van der Waals surface area contributed by atoms with Gasteiger partial charge in [-0.2, -0.15) is 5.10 Å². The molecule has 15 nitrogen and oxygen atoms in total. The van der Waals surface area contributed by atoms with Crippen molar-refractivity contribution in [2.75, 3.05) is 18.7 Å². The highest BCUT2D eigenvalue weighted by atomic mass is 16.7. The van der Waals surface area contributed by atoms with E-state index in [-0.39, 0.29) is 12.4 Å². The van der Waals surface area contributed by atoms with E-state index in [2.05, 4.69) is 20.1 Å². The van der Waals surface area contributed by atoms with Crippen LogP contribution in [-0.2, 0) is 43.7 Å². The van der Waals surface area contributed by atoms with Crippen LogP contribution in [-0.4, -0.2) is 81.5 Å². The average Bonchev–Trinajstić information content (AvgIpc) is 3.42. The number of aliphatic hydroxyl groups is 1. The molecule has 15 heteroatoms. The van der Waals surface area contributed by atoms with Gasteiger partial charge in [0, 0.05) is 6.92 Å². The van der Waals surface area contributed by atoms with Crippen LogP contribution < -0.4 is 11.1 Å². The third-order valence-corrected chi connectivity index (χ3v) is 6.57. The van der Waals surface area contributed by atoms with Gasteiger partial charge >= 0.3 is 24.0 Å². The Balaban J connectivity index is 1.91. The lowest BCUT2D eigenvalue weighted by atomic mass is 9.87. The van der Waals surface area contributed by atoms with Gasteiger partial charge in [-0.05, 0) is 24.5 Å². The number of rotatable bonds is 9. The number of fused-ring (bicyclic) bond motifs is 1. The molecule has 0 unspecified atom stereocenters. The molecule has 1 saturated heterocycles. The number of nitrogens with two attached hydrogens (primary N) is 1. The second-order valence-corrected chi connectivity index (χ2v) is 11.2. The van der Waals surface area contributed by atoms with E-state index >= 15 is 0 Å². The Morgan fingerprint density at radius 3 is 2.46 bits per heavy atom. The number of anilines is 1. The van der Waals surface area contributed by atoms with Gasteiger partial charge in [-0.3, -0.25) is 19.7 Å². The number of aromatic nitrogens is 3. The number of carbonyl (C=O) groups excluding carboxylic acids is 4. The highest BCUT2D eigenvalue weighted by Crippen LogP contribution is 2.42. The maximum atomic E-state index is 12.9. The lowest BCUT2D eigenvalue weighted by molar-refractivity contribution is -0.164. The number of hydrogen-bond donors (Lipinski definition) is 3. The predicted octanol–water partition coefficient (Wildman–Crippen LogP) is 1.26. The molecule has 2 aromatic heterocycles. The van der Waals surface area contributed by atoms with Crippen LogP contribution in [0.5, 0.6) is 0 Å². The number of carbonyl (C=O) groups is 4.